The first-order valence-corrected chi connectivity index (χ1v) is 2.43. The van der Waals surface area contributed by atoms with E-state index in [1.54, 1.807) is 0 Å². The van der Waals surface area contributed by atoms with E-state index in [0.29, 0.717) is 4.76 Å². The van der Waals surface area contributed by atoms with Crippen LogP contribution in [0.5, 0.6) is 0 Å². The van der Waals surface area contributed by atoms with Gasteiger partial charge in [0.15, 0.2) is 0 Å². The molecule has 0 aromatic carbocycles. The average molecular weight is 129 g/mol. The van der Waals surface area contributed by atoms with Crippen LogP contribution in [0.1, 0.15) is 0 Å². The first-order chi connectivity index (χ1) is 4.18. The Labute approximate surface area is 50.6 Å². The van der Waals surface area contributed by atoms with Crippen LogP contribution in [0.2, 0.25) is 0 Å². The second-order valence-corrected chi connectivity index (χ2v) is 1.77. The van der Waals surface area contributed by atoms with Crippen molar-refractivity contribution in [2.45, 2.75) is 0 Å². The number of amides is 2. The Morgan fingerprint density at radius 1 is 1.22 bits per heavy atom. The van der Waals surface area contributed by atoms with Crippen LogP contribution in [0.25, 0.3) is 0 Å². The fourth-order valence-corrected chi connectivity index (χ4v) is 0.611. The number of nitroso groups, excluding NO2 is 1. The molecule has 0 radical (unpaired) electrons. The van der Waals surface area contributed by atoms with Gasteiger partial charge in [-0.25, -0.2) is 0 Å². The Kier molecular flexibility index (Phi) is 1.26. The fraction of sp³-hybridized carbons (Fsp3) is 0.500. The normalized spacial score (nSPS) is 19.8. The molecule has 0 aliphatic carbocycles. The molecule has 0 aromatic rings. The molecule has 0 saturated carbocycles. The Balaban J connectivity index is 2.64. The molecule has 0 atom stereocenters. The van der Waals surface area contributed by atoms with Gasteiger partial charge in [0.05, 0.1) is 0 Å². The number of imide groups is 1. The largest absolute Gasteiger partial charge is 0.296 e. The summed E-state index contributed by atoms with van der Waals surface area (Å²) in [5.41, 5.74) is 0. The SMILES string of the molecule is O=C1C[N+](=O)CC(=O)N1. The van der Waals surface area contributed by atoms with E-state index in [-0.39, 0.29) is 13.1 Å². The van der Waals surface area contributed by atoms with Gasteiger partial charge in [0, 0.05) is 9.67 Å². The third kappa shape index (κ3) is 1.31. The Morgan fingerprint density at radius 2 is 1.67 bits per heavy atom. The monoisotopic (exact) mass is 129 g/mol. The second-order valence-electron chi connectivity index (χ2n) is 1.77. The van der Waals surface area contributed by atoms with Gasteiger partial charge in [0.2, 0.25) is 0 Å². The molecule has 1 N–H and O–H groups in total. The third-order valence-electron chi connectivity index (χ3n) is 0.919. The van der Waals surface area contributed by atoms with E-state index in [1.165, 1.54) is 0 Å². The molecule has 48 valence electrons. The average Bonchev–Trinajstić information content (AvgIpc) is 1.59. The van der Waals surface area contributed by atoms with E-state index in [1.807, 2.05) is 5.32 Å². The van der Waals surface area contributed by atoms with Gasteiger partial charge in [-0.05, 0) is 0 Å². The number of carbonyl (C=O) groups is 2. The van der Waals surface area contributed by atoms with Crippen molar-refractivity contribution in [2.75, 3.05) is 13.1 Å². The highest BCUT2D eigenvalue weighted by atomic mass is 16.3. The van der Waals surface area contributed by atoms with E-state index >= 15 is 0 Å². The van der Waals surface area contributed by atoms with E-state index in [4.69, 9.17) is 0 Å². The first kappa shape index (κ1) is 5.87. The molecule has 9 heavy (non-hydrogen) atoms. The highest BCUT2D eigenvalue weighted by Gasteiger charge is 2.27. The van der Waals surface area contributed by atoms with Crippen molar-refractivity contribution in [3.05, 3.63) is 4.91 Å². The summed E-state index contributed by atoms with van der Waals surface area (Å²) in [4.78, 5) is 30.9. The lowest BCUT2D eigenvalue weighted by molar-refractivity contribution is -0.529. The topological polar surface area (TPSA) is 66.2 Å². The Bertz CT molecular complexity index is 141. The zero-order valence-corrected chi connectivity index (χ0v) is 4.59. The van der Waals surface area contributed by atoms with Crippen LogP contribution in [0.3, 0.4) is 0 Å². The molecule has 0 spiro atoms. The molecular weight excluding hydrogens is 124 g/mol. The van der Waals surface area contributed by atoms with Crippen LogP contribution in [0, 0.1) is 4.91 Å². The van der Waals surface area contributed by atoms with Crippen molar-refractivity contribution >= 4 is 11.8 Å². The molecule has 1 saturated heterocycles. The molecule has 1 heterocycles. The zero-order chi connectivity index (χ0) is 6.85. The maximum Gasteiger partial charge on any atom is 0.296 e. The van der Waals surface area contributed by atoms with Crippen molar-refractivity contribution < 1.29 is 14.3 Å². The van der Waals surface area contributed by atoms with Gasteiger partial charge in [-0.1, -0.05) is 0 Å². The van der Waals surface area contributed by atoms with Crippen molar-refractivity contribution in [1.29, 1.82) is 0 Å². The Morgan fingerprint density at radius 3 is 2.00 bits per heavy atom. The third-order valence-corrected chi connectivity index (χ3v) is 0.919. The minimum atomic E-state index is -0.527. The second kappa shape index (κ2) is 1.93. The number of nitrogens with zero attached hydrogens (tertiary/aromatic N) is 1. The molecule has 0 unspecified atom stereocenters. The van der Waals surface area contributed by atoms with Gasteiger partial charge < -0.3 is 0 Å². The molecule has 2 amide bonds. The van der Waals surface area contributed by atoms with Gasteiger partial charge in [-0.15, -0.1) is 0 Å². The summed E-state index contributed by atoms with van der Waals surface area (Å²) in [6.45, 7) is -0.461. The van der Waals surface area contributed by atoms with E-state index < -0.39 is 11.8 Å². The lowest BCUT2D eigenvalue weighted by atomic mass is 10.4. The summed E-state index contributed by atoms with van der Waals surface area (Å²) >= 11 is 0. The summed E-state index contributed by atoms with van der Waals surface area (Å²) in [5, 5.41) is 1.99. The van der Waals surface area contributed by atoms with Crippen LogP contribution in [0.4, 0.5) is 0 Å². The zero-order valence-electron chi connectivity index (χ0n) is 4.59. The fourth-order valence-electron chi connectivity index (χ4n) is 0.611. The van der Waals surface area contributed by atoms with Gasteiger partial charge >= 0.3 is 0 Å². The van der Waals surface area contributed by atoms with Crippen molar-refractivity contribution in [3.63, 3.8) is 0 Å². The molecule has 1 aliphatic rings. The molecular formula is C4H5N2O3+. The van der Waals surface area contributed by atoms with Gasteiger partial charge in [-0.3, -0.25) is 14.9 Å². The number of hydrogen-bond acceptors (Lipinski definition) is 3. The highest BCUT2D eigenvalue weighted by Crippen LogP contribution is 1.82. The van der Waals surface area contributed by atoms with E-state index in [0.717, 1.165) is 0 Å². The maximum absolute atomic E-state index is 10.3. The molecule has 1 rings (SSSR count). The van der Waals surface area contributed by atoms with Crippen LogP contribution >= 0.6 is 0 Å². The number of piperazine rings is 1. The molecule has 0 aromatic heterocycles. The van der Waals surface area contributed by atoms with Gasteiger partial charge in [0.25, 0.3) is 24.9 Å². The summed E-state index contributed by atoms with van der Waals surface area (Å²) < 4.78 is 0.418. The van der Waals surface area contributed by atoms with Crippen LogP contribution in [-0.2, 0) is 9.59 Å². The summed E-state index contributed by atoms with van der Waals surface area (Å²) in [6, 6.07) is 0. The number of hydrogen-bond donors (Lipinski definition) is 1. The Hall–Kier alpha value is -1.26. The highest BCUT2D eigenvalue weighted by molar-refractivity contribution is 5.97. The van der Waals surface area contributed by atoms with Crippen LogP contribution < -0.4 is 5.32 Å². The maximum atomic E-state index is 10.3. The quantitative estimate of drug-likeness (QED) is 0.317. The van der Waals surface area contributed by atoms with Gasteiger partial charge in [-0.2, -0.15) is 0 Å². The molecule has 5 nitrogen and oxygen atoms in total. The number of nitrogens with one attached hydrogen (secondary N) is 1. The van der Waals surface area contributed by atoms with Crippen LogP contribution in [-0.4, -0.2) is 29.7 Å². The number of rotatable bonds is 0. The van der Waals surface area contributed by atoms with Crippen molar-refractivity contribution in [2.24, 2.45) is 0 Å². The molecule has 1 aliphatic heterocycles. The molecule has 5 heteroatoms. The van der Waals surface area contributed by atoms with Crippen molar-refractivity contribution in [3.8, 4) is 0 Å². The molecule has 1 fully saturated rings. The molecule has 0 bridgehead atoms. The summed E-state index contributed by atoms with van der Waals surface area (Å²) in [7, 11) is 0. The van der Waals surface area contributed by atoms with Crippen LogP contribution in [0.15, 0.2) is 0 Å². The minimum Gasteiger partial charge on any atom is -0.285 e. The van der Waals surface area contributed by atoms with E-state index in [2.05, 4.69) is 0 Å². The lowest BCUT2D eigenvalue weighted by Crippen LogP contribution is -2.46. The first-order valence-electron chi connectivity index (χ1n) is 2.43. The van der Waals surface area contributed by atoms with Gasteiger partial charge in [0.1, 0.15) is 0 Å². The predicted octanol–water partition coefficient (Wildman–Crippen LogP) is -1.58. The number of carbonyl (C=O) groups excluding carboxylic acids is 2. The summed E-state index contributed by atoms with van der Waals surface area (Å²) in [6.07, 6.45) is 0. The smallest absolute Gasteiger partial charge is 0.285 e. The van der Waals surface area contributed by atoms with E-state index in [9.17, 15) is 14.5 Å². The minimum absolute atomic E-state index is 0.230. The van der Waals surface area contributed by atoms with Crippen molar-refractivity contribution in [1.82, 2.24) is 5.32 Å². The lowest BCUT2D eigenvalue weighted by Gasteiger charge is -2.01. The predicted molar refractivity (Wildman–Crippen MR) is 26.5 cm³/mol. The summed E-state index contributed by atoms with van der Waals surface area (Å²) in [5.74, 6) is -1.05. The standard InChI is InChI=1S/C4H4N2O3/c7-3-1-6(9)2-4(8)5-3/h1-2H2/p+1.